The predicted molar refractivity (Wildman–Crippen MR) is 79.9 cm³/mol. The summed E-state index contributed by atoms with van der Waals surface area (Å²) in [6, 6.07) is 8.63. The van der Waals surface area contributed by atoms with Crippen molar-refractivity contribution in [3.05, 3.63) is 71.8 Å². The van der Waals surface area contributed by atoms with Gasteiger partial charge in [-0.15, -0.1) is 6.58 Å². The lowest BCUT2D eigenvalue weighted by Crippen LogP contribution is -2.44. The second kappa shape index (κ2) is 4.65. The highest BCUT2D eigenvalue weighted by Crippen LogP contribution is 2.55. The van der Waals surface area contributed by atoms with E-state index in [1.165, 1.54) is 0 Å². The third-order valence-electron chi connectivity index (χ3n) is 4.32. The largest absolute Gasteiger partial charge is 0.456 e. The molecule has 1 heterocycles. The standard InChI is InChI=1S/C18H16F2O2/c1-4-17(2,3)18(21)12-7-5-6-8-14(12)22-15-10-11(19)9-13(20)16(15)18/h4-10,21H,1H2,2-3H3. The molecule has 0 saturated heterocycles. The van der Waals surface area contributed by atoms with Gasteiger partial charge < -0.3 is 9.84 Å². The Morgan fingerprint density at radius 1 is 1.18 bits per heavy atom. The minimum absolute atomic E-state index is 0.0198. The maximum atomic E-state index is 14.5. The molecule has 0 aromatic heterocycles. The summed E-state index contributed by atoms with van der Waals surface area (Å²) >= 11 is 0. The van der Waals surface area contributed by atoms with Gasteiger partial charge in [-0.25, -0.2) is 8.78 Å². The zero-order valence-electron chi connectivity index (χ0n) is 12.4. The molecule has 2 nitrogen and oxygen atoms in total. The molecule has 0 saturated carbocycles. The second-order valence-electron chi connectivity index (χ2n) is 6.00. The summed E-state index contributed by atoms with van der Waals surface area (Å²) in [7, 11) is 0. The SMILES string of the molecule is C=CC(C)(C)C1(O)c2ccccc2Oc2cc(F)cc(F)c21. The normalized spacial score (nSPS) is 19.9. The molecule has 2 aromatic rings. The average Bonchev–Trinajstić information content (AvgIpc) is 2.46. The van der Waals surface area contributed by atoms with Gasteiger partial charge in [0.2, 0.25) is 0 Å². The summed E-state index contributed by atoms with van der Waals surface area (Å²) in [6.45, 7) is 7.24. The third kappa shape index (κ3) is 1.80. The zero-order valence-corrected chi connectivity index (χ0v) is 12.4. The van der Waals surface area contributed by atoms with Gasteiger partial charge in [-0.3, -0.25) is 0 Å². The van der Waals surface area contributed by atoms with Crippen LogP contribution < -0.4 is 4.74 Å². The number of benzene rings is 2. The molecule has 3 rings (SSSR count). The Bertz CT molecular complexity index is 768. The molecule has 0 bridgehead atoms. The lowest BCUT2D eigenvalue weighted by Gasteiger charge is -2.45. The highest BCUT2D eigenvalue weighted by atomic mass is 19.1. The molecule has 114 valence electrons. The molecular formula is C18H16F2O2. The Balaban J connectivity index is 2.42. The van der Waals surface area contributed by atoms with Crippen molar-refractivity contribution in [3.63, 3.8) is 0 Å². The van der Waals surface area contributed by atoms with E-state index in [0.717, 1.165) is 12.1 Å². The van der Waals surface area contributed by atoms with Crippen LogP contribution in [0.15, 0.2) is 49.1 Å². The number of fused-ring (bicyclic) bond motifs is 2. The number of halogens is 2. The molecule has 4 heteroatoms. The maximum Gasteiger partial charge on any atom is 0.139 e. The van der Waals surface area contributed by atoms with E-state index >= 15 is 0 Å². The molecular weight excluding hydrogens is 286 g/mol. The summed E-state index contributed by atoms with van der Waals surface area (Å²) in [6.07, 6.45) is 1.56. The van der Waals surface area contributed by atoms with E-state index in [9.17, 15) is 13.9 Å². The van der Waals surface area contributed by atoms with E-state index in [1.54, 1.807) is 44.2 Å². The van der Waals surface area contributed by atoms with Crippen LogP contribution in [0.4, 0.5) is 8.78 Å². The summed E-state index contributed by atoms with van der Waals surface area (Å²) in [5.74, 6) is -1.25. The van der Waals surface area contributed by atoms with Crippen LogP contribution in [0.5, 0.6) is 11.5 Å². The van der Waals surface area contributed by atoms with Crippen LogP contribution in [0.2, 0.25) is 0 Å². The van der Waals surface area contributed by atoms with E-state index in [0.29, 0.717) is 11.3 Å². The van der Waals surface area contributed by atoms with Crippen molar-refractivity contribution in [1.29, 1.82) is 0 Å². The molecule has 1 unspecified atom stereocenters. The maximum absolute atomic E-state index is 14.5. The first-order valence-corrected chi connectivity index (χ1v) is 6.94. The van der Waals surface area contributed by atoms with E-state index < -0.39 is 22.7 Å². The zero-order chi connectivity index (χ0) is 16.1. The smallest absolute Gasteiger partial charge is 0.139 e. The first-order valence-electron chi connectivity index (χ1n) is 6.94. The summed E-state index contributed by atoms with van der Waals surface area (Å²) in [5, 5.41) is 11.5. The number of hydrogen-bond acceptors (Lipinski definition) is 2. The van der Waals surface area contributed by atoms with Gasteiger partial charge in [0.15, 0.2) is 0 Å². The molecule has 0 fully saturated rings. The molecule has 1 atom stereocenters. The topological polar surface area (TPSA) is 29.5 Å². The van der Waals surface area contributed by atoms with Gasteiger partial charge in [0.05, 0.1) is 5.56 Å². The Morgan fingerprint density at radius 3 is 2.55 bits per heavy atom. The lowest BCUT2D eigenvalue weighted by molar-refractivity contribution is -0.0200. The monoisotopic (exact) mass is 302 g/mol. The first kappa shape index (κ1) is 14.7. The van der Waals surface area contributed by atoms with Gasteiger partial charge in [-0.1, -0.05) is 38.1 Å². The molecule has 0 spiro atoms. The predicted octanol–water partition coefficient (Wildman–Crippen LogP) is 4.52. The highest BCUT2D eigenvalue weighted by Gasteiger charge is 2.52. The van der Waals surface area contributed by atoms with Crippen LogP contribution in [0.3, 0.4) is 0 Å². The van der Waals surface area contributed by atoms with Gasteiger partial charge in [0.1, 0.15) is 28.7 Å². The van der Waals surface area contributed by atoms with Crippen LogP contribution in [-0.4, -0.2) is 5.11 Å². The Kier molecular flexibility index (Phi) is 3.11. The fraction of sp³-hybridized carbons (Fsp3) is 0.222. The Hall–Kier alpha value is -2.20. The van der Waals surface area contributed by atoms with Gasteiger partial charge in [-0.2, -0.15) is 0 Å². The highest BCUT2D eigenvalue weighted by molar-refractivity contribution is 5.58. The van der Waals surface area contributed by atoms with Crippen LogP contribution in [0.25, 0.3) is 0 Å². The van der Waals surface area contributed by atoms with E-state index in [2.05, 4.69) is 6.58 Å². The quantitative estimate of drug-likeness (QED) is 0.827. The van der Waals surface area contributed by atoms with Crippen molar-refractivity contribution in [2.75, 3.05) is 0 Å². The first-order chi connectivity index (χ1) is 10.3. The van der Waals surface area contributed by atoms with Crippen LogP contribution in [-0.2, 0) is 5.60 Å². The van der Waals surface area contributed by atoms with Gasteiger partial charge in [0, 0.05) is 23.1 Å². The van der Waals surface area contributed by atoms with Crippen molar-refractivity contribution < 1.29 is 18.6 Å². The van der Waals surface area contributed by atoms with Gasteiger partial charge in [0.25, 0.3) is 0 Å². The molecule has 1 aliphatic heterocycles. The van der Waals surface area contributed by atoms with Gasteiger partial charge in [-0.05, 0) is 6.07 Å². The number of rotatable bonds is 2. The summed E-state index contributed by atoms with van der Waals surface area (Å²) < 4.78 is 33.6. The molecule has 0 radical (unpaired) electrons. The molecule has 2 aromatic carbocycles. The van der Waals surface area contributed by atoms with Crippen molar-refractivity contribution in [2.24, 2.45) is 5.41 Å². The lowest BCUT2D eigenvalue weighted by atomic mass is 9.66. The molecule has 22 heavy (non-hydrogen) atoms. The fourth-order valence-electron chi connectivity index (χ4n) is 2.91. The van der Waals surface area contributed by atoms with Crippen molar-refractivity contribution in [3.8, 4) is 11.5 Å². The molecule has 0 aliphatic carbocycles. The molecule has 1 N–H and O–H groups in total. The fourth-order valence-corrected chi connectivity index (χ4v) is 2.91. The number of para-hydroxylation sites is 1. The summed E-state index contributed by atoms with van der Waals surface area (Å²) in [4.78, 5) is 0. The van der Waals surface area contributed by atoms with Crippen LogP contribution in [0, 0.1) is 17.0 Å². The second-order valence-corrected chi connectivity index (χ2v) is 6.00. The summed E-state index contributed by atoms with van der Waals surface area (Å²) in [5.41, 5.74) is -2.26. The molecule has 0 amide bonds. The third-order valence-corrected chi connectivity index (χ3v) is 4.32. The minimum atomic E-state index is -1.71. The number of hydrogen-bond donors (Lipinski definition) is 1. The van der Waals surface area contributed by atoms with E-state index in [4.69, 9.17) is 4.74 Å². The van der Waals surface area contributed by atoms with Crippen molar-refractivity contribution >= 4 is 0 Å². The van der Waals surface area contributed by atoms with Crippen molar-refractivity contribution in [1.82, 2.24) is 0 Å². The van der Waals surface area contributed by atoms with E-state index in [1.807, 2.05) is 0 Å². The van der Waals surface area contributed by atoms with Crippen molar-refractivity contribution in [2.45, 2.75) is 19.4 Å². The van der Waals surface area contributed by atoms with Crippen LogP contribution >= 0.6 is 0 Å². The molecule has 1 aliphatic rings. The number of aliphatic hydroxyl groups is 1. The Labute approximate surface area is 127 Å². The van der Waals surface area contributed by atoms with Gasteiger partial charge >= 0.3 is 0 Å². The van der Waals surface area contributed by atoms with E-state index in [-0.39, 0.29) is 11.3 Å². The van der Waals surface area contributed by atoms with Crippen LogP contribution in [0.1, 0.15) is 25.0 Å². The minimum Gasteiger partial charge on any atom is -0.456 e. The number of ether oxygens (including phenoxy) is 1. The average molecular weight is 302 g/mol. The Morgan fingerprint density at radius 2 is 1.86 bits per heavy atom.